The van der Waals surface area contributed by atoms with Gasteiger partial charge in [0.1, 0.15) is 0 Å². The highest BCUT2D eigenvalue weighted by molar-refractivity contribution is 7.35. The maximum Gasteiger partial charge on any atom is 0.0619 e. The van der Waals surface area contributed by atoms with Crippen LogP contribution in [0.2, 0.25) is 0 Å². The molecule has 3 heteroatoms. The van der Waals surface area contributed by atoms with Crippen molar-refractivity contribution in [2.75, 3.05) is 0 Å². The molecule has 0 fully saturated rings. The van der Waals surface area contributed by atoms with Crippen molar-refractivity contribution in [2.24, 2.45) is 0 Å². The summed E-state index contributed by atoms with van der Waals surface area (Å²) in [4.78, 5) is 0. The summed E-state index contributed by atoms with van der Waals surface area (Å²) in [6.07, 6.45) is 0. The monoisotopic (exact) mass is 322 g/mol. The first-order valence-corrected chi connectivity index (χ1v) is 12.3. The lowest BCUT2D eigenvalue weighted by Gasteiger charge is -2.12. The Kier molecular flexibility index (Phi) is 5.41. The summed E-state index contributed by atoms with van der Waals surface area (Å²) in [5.41, 5.74) is 8.66. The lowest BCUT2D eigenvalue weighted by Crippen LogP contribution is -2.35. The van der Waals surface area contributed by atoms with Gasteiger partial charge >= 0.3 is 0 Å². The summed E-state index contributed by atoms with van der Waals surface area (Å²) >= 11 is 0. The predicted octanol–water partition coefficient (Wildman–Crippen LogP) is 2.43. The van der Waals surface area contributed by atoms with E-state index >= 15 is 0 Å². The molecule has 0 heterocycles. The fourth-order valence-corrected chi connectivity index (χ4v) is 10.4. The lowest BCUT2D eigenvalue weighted by atomic mass is 10.1. The summed E-state index contributed by atoms with van der Waals surface area (Å²) in [6, 6.07) is 9.30. The van der Waals surface area contributed by atoms with Crippen LogP contribution in [0, 0.1) is 41.5 Å². The van der Waals surface area contributed by atoms with Crippen LogP contribution in [-0.4, -0.2) is 26.6 Å². The second-order valence-corrected chi connectivity index (χ2v) is 12.2. The second kappa shape index (κ2) is 6.90. The van der Waals surface area contributed by atoms with E-state index in [1.807, 2.05) is 0 Å². The number of aryl methyl sites for hydroxylation is 6. The first kappa shape index (κ1) is 16.5. The largest absolute Gasteiger partial charge is 0.0624 e. The molecule has 0 saturated heterocycles. The topological polar surface area (TPSA) is 0 Å². The standard InChI is InChI=1S/C18H22Si3/c1-11-7-13(3)17(14(4)8-11)19-21-20-18-15(5)9-12(2)10-16(18)6/h7-10H,1-6H3. The van der Waals surface area contributed by atoms with Gasteiger partial charge in [0.05, 0.1) is 18.1 Å². The summed E-state index contributed by atoms with van der Waals surface area (Å²) in [5, 5.41) is 3.18. The first-order valence-electron chi connectivity index (χ1n) is 7.31. The fourth-order valence-electron chi connectivity index (χ4n) is 2.91. The van der Waals surface area contributed by atoms with Gasteiger partial charge in [0.2, 0.25) is 0 Å². The molecular formula is C18H22Si3. The van der Waals surface area contributed by atoms with Crippen LogP contribution in [0.5, 0.6) is 0 Å². The van der Waals surface area contributed by atoms with Crippen LogP contribution in [0.3, 0.4) is 0 Å². The van der Waals surface area contributed by atoms with Gasteiger partial charge in [-0.3, -0.25) is 0 Å². The van der Waals surface area contributed by atoms with Gasteiger partial charge in [-0.2, -0.15) is 0 Å². The van der Waals surface area contributed by atoms with Gasteiger partial charge < -0.3 is 0 Å². The predicted molar refractivity (Wildman–Crippen MR) is 97.8 cm³/mol. The SMILES string of the molecule is Cc1cc(C)c([Si][Si][Si]c2c(C)cc(C)cc2C)c(C)c1. The van der Waals surface area contributed by atoms with E-state index in [1.165, 1.54) is 33.4 Å². The molecule has 0 amide bonds. The lowest BCUT2D eigenvalue weighted by molar-refractivity contribution is 1.35. The molecule has 0 bridgehead atoms. The zero-order valence-electron chi connectivity index (χ0n) is 13.8. The van der Waals surface area contributed by atoms with Gasteiger partial charge in [-0.1, -0.05) is 68.0 Å². The number of hydrogen-bond acceptors (Lipinski definition) is 0. The van der Waals surface area contributed by atoms with E-state index in [9.17, 15) is 0 Å². The summed E-state index contributed by atoms with van der Waals surface area (Å²) in [5.74, 6) is 0. The van der Waals surface area contributed by atoms with Crippen LogP contribution < -0.4 is 10.4 Å². The van der Waals surface area contributed by atoms with E-state index in [-0.39, 0.29) is 0 Å². The van der Waals surface area contributed by atoms with Crippen LogP contribution in [0.1, 0.15) is 33.4 Å². The average Bonchev–Trinajstić information content (AvgIpc) is 2.34. The third kappa shape index (κ3) is 4.05. The van der Waals surface area contributed by atoms with Crippen molar-refractivity contribution in [1.29, 1.82) is 0 Å². The Morgan fingerprint density at radius 1 is 0.524 bits per heavy atom. The molecule has 106 valence electrons. The van der Waals surface area contributed by atoms with Gasteiger partial charge in [-0.15, -0.1) is 0 Å². The normalized spacial score (nSPS) is 11.0. The molecule has 2 aromatic carbocycles. The van der Waals surface area contributed by atoms with Crippen LogP contribution in [0.4, 0.5) is 0 Å². The average molecular weight is 323 g/mol. The third-order valence-electron chi connectivity index (χ3n) is 3.73. The van der Waals surface area contributed by atoms with Crippen LogP contribution >= 0.6 is 0 Å². The van der Waals surface area contributed by atoms with E-state index in [1.54, 1.807) is 10.4 Å². The molecule has 0 atom stereocenters. The summed E-state index contributed by atoms with van der Waals surface area (Å²) in [6.45, 7) is 13.4. The maximum absolute atomic E-state index is 2.32. The van der Waals surface area contributed by atoms with Crippen molar-refractivity contribution in [3.63, 3.8) is 0 Å². The van der Waals surface area contributed by atoms with Crippen molar-refractivity contribution in [3.8, 4) is 0 Å². The van der Waals surface area contributed by atoms with E-state index in [2.05, 4.69) is 65.8 Å². The molecule has 0 unspecified atom stereocenters. The zero-order valence-corrected chi connectivity index (χ0v) is 16.8. The van der Waals surface area contributed by atoms with Crippen molar-refractivity contribution in [1.82, 2.24) is 0 Å². The molecule has 0 nitrogen and oxygen atoms in total. The number of hydrogen-bond donors (Lipinski definition) is 0. The minimum Gasteiger partial charge on any atom is -0.0624 e. The maximum atomic E-state index is 2.32. The smallest absolute Gasteiger partial charge is 0.0619 e. The van der Waals surface area contributed by atoms with Crippen LogP contribution in [-0.2, 0) is 0 Å². The van der Waals surface area contributed by atoms with Crippen molar-refractivity contribution in [3.05, 3.63) is 57.6 Å². The van der Waals surface area contributed by atoms with Gasteiger partial charge in [-0.25, -0.2) is 0 Å². The third-order valence-corrected chi connectivity index (χ3v) is 10.6. The molecule has 0 aliphatic heterocycles. The highest BCUT2D eigenvalue weighted by Gasteiger charge is 2.09. The van der Waals surface area contributed by atoms with E-state index < -0.39 is 0 Å². The molecule has 0 N–H and O–H groups in total. The van der Waals surface area contributed by atoms with Gasteiger partial charge in [0, 0.05) is 8.55 Å². The molecule has 0 aliphatic carbocycles. The van der Waals surface area contributed by atoms with E-state index in [0.717, 1.165) is 26.6 Å². The molecule has 2 aromatic rings. The molecule has 0 saturated carbocycles. The second-order valence-electron chi connectivity index (χ2n) is 5.92. The minimum atomic E-state index is 0.954. The molecule has 0 spiro atoms. The Balaban J connectivity index is 2.09. The zero-order chi connectivity index (χ0) is 15.6. The van der Waals surface area contributed by atoms with Crippen LogP contribution in [0.25, 0.3) is 0 Å². The molecule has 0 aliphatic rings. The van der Waals surface area contributed by atoms with E-state index in [4.69, 9.17) is 0 Å². The molecule has 21 heavy (non-hydrogen) atoms. The summed E-state index contributed by atoms with van der Waals surface area (Å²) in [7, 11) is 2.93. The van der Waals surface area contributed by atoms with Crippen molar-refractivity contribution in [2.45, 2.75) is 41.5 Å². The molecule has 2 rings (SSSR count). The highest BCUT2D eigenvalue weighted by Crippen LogP contribution is 2.06. The Morgan fingerprint density at radius 3 is 1.10 bits per heavy atom. The van der Waals surface area contributed by atoms with Gasteiger partial charge in [-0.05, 0) is 41.5 Å². The van der Waals surface area contributed by atoms with Gasteiger partial charge in [0.25, 0.3) is 0 Å². The summed E-state index contributed by atoms with van der Waals surface area (Å²) < 4.78 is 0. The Morgan fingerprint density at radius 2 is 0.810 bits per heavy atom. The number of rotatable bonds is 4. The first-order chi connectivity index (χ1) is 9.88. The number of benzene rings is 2. The van der Waals surface area contributed by atoms with Gasteiger partial charge in [0.15, 0.2) is 0 Å². The molecule has 6 radical (unpaired) electrons. The van der Waals surface area contributed by atoms with Crippen LogP contribution in [0.15, 0.2) is 24.3 Å². The molecule has 0 aromatic heterocycles. The van der Waals surface area contributed by atoms with Crippen molar-refractivity contribution >= 4 is 37.0 Å². The quantitative estimate of drug-likeness (QED) is 0.759. The Labute approximate surface area is 136 Å². The van der Waals surface area contributed by atoms with E-state index in [0.29, 0.717) is 0 Å². The molecular weight excluding hydrogens is 300 g/mol. The minimum absolute atomic E-state index is 0.954. The Bertz CT molecular complexity index is 556. The van der Waals surface area contributed by atoms with Crippen molar-refractivity contribution < 1.29 is 0 Å². The fraction of sp³-hybridized carbons (Fsp3) is 0.333. The highest BCUT2D eigenvalue weighted by atomic mass is 29.5. The Hall–Kier alpha value is -0.909.